The second-order valence-corrected chi connectivity index (χ2v) is 4.27. The highest BCUT2D eigenvalue weighted by Gasteiger charge is 2.13. The molecule has 1 fully saturated rings. The molecule has 1 unspecified atom stereocenters. The van der Waals surface area contributed by atoms with Crippen LogP contribution >= 0.6 is 0 Å². The quantitative estimate of drug-likeness (QED) is 0.709. The highest BCUT2D eigenvalue weighted by molar-refractivity contribution is 4.70. The molecule has 1 aliphatic carbocycles. The SMILES string of the molecule is COCC(C)NCC1CCCCC1. The molecule has 0 amide bonds. The maximum Gasteiger partial charge on any atom is 0.0613 e. The summed E-state index contributed by atoms with van der Waals surface area (Å²) in [7, 11) is 1.76. The van der Waals surface area contributed by atoms with Crippen molar-refractivity contribution in [3.63, 3.8) is 0 Å². The zero-order valence-corrected chi connectivity index (χ0v) is 9.01. The summed E-state index contributed by atoms with van der Waals surface area (Å²) in [6.07, 6.45) is 7.17. The van der Waals surface area contributed by atoms with Gasteiger partial charge in [0.1, 0.15) is 0 Å². The van der Waals surface area contributed by atoms with Crippen LogP contribution in [-0.2, 0) is 4.74 Å². The molecule has 78 valence electrons. The highest BCUT2D eigenvalue weighted by Crippen LogP contribution is 2.22. The van der Waals surface area contributed by atoms with Crippen molar-refractivity contribution in [3.05, 3.63) is 0 Å². The Hall–Kier alpha value is -0.0800. The molecule has 0 aromatic heterocycles. The number of methoxy groups -OCH3 is 1. The minimum Gasteiger partial charge on any atom is -0.383 e. The molecule has 0 aromatic carbocycles. The van der Waals surface area contributed by atoms with Crippen LogP contribution in [0.4, 0.5) is 0 Å². The maximum atomic E-state index is 5.08. The maximum absolute atomic E-state index is 5.08. The van der Waals surface area contributed by atoms with Crippen molar-refractivity contribution >= 4 is 0 Å². The van der Waals surface area contributed by atoms with Gasteiger partial charge in [-0.25, -0.2) is 0 Å². The molecular formula is C11H23NO. The lowest BCUT2D eigenvalue weighted by Gasteiger charge is -2.23. The first kappa shape index (κ1) is 11.0. The van der Waals surface area contributed by atoms with Gasteiger partial charge in [-0.3, -0.25) is 0 Å². The number of hydrogen-bond donors (Lipinski definition) is 1. The van der Waals surface area contributed by atoms with Crippen LogP contribution in [0.5, 0.6) is 0 Å². The topological polar surface area (TPSA) is 21.3 Å². The lowest BCUT2D eigenvalue weighted by atomic mass is 9.89. The van der Waals surface area contributed by atoms with Crippen molar-refractivity contribution < 1.29 is 4.74 Å². The van der Waals surface area contributed by atoms with Gasteiger partial charge in [0.05, 0.1) is 6.61 Å². The van der Waals surface area contributed by atoms with E-state index in [0.717, 1.165) is 12.5 Å². The van der Waals surface area contributed by atoms with Crippen molar-refractivity contribution in [2.24, 2.45) is 5.92 Å². The van der Waals surface area contributed by atoms with Crippen LogP contribution in [0.2, 0.25) is 0 Å². The molecular weight excluding hydrogens is 162 g/mol. The van der Waals surface area contributed by atoms with E-state index in [4.69, 9.17) is 4.74 Å². The third-order valence-electron chi connectivity index (χ3n) is 2.90. The zero-order chi connectivity index (χ0) is 9.52. The molecule has 2 nitrogen and oxygen atoms in total. The van der Waals surface area contributed by atoms with Crippen molar-refractivity contribution in [2.45, 2.75) is 45.1 Å². The summed E-state index contributed by atoms with van der Waals surface area (Å²) in [6, 6.07) is 0.506. The highest BCUT2D eigenvalue weighted by atomic mass is 16.5. The molecule has 2 heteroatoms. The van der Waals surface area contributed by atoms with Crippen molar-refractivity contribution in [2.75, 3.05) is 20.3 Å². The van der Waals surface area contributed by atoms with Gasteiger partial charge in [0.2, 0.25) is 0 Å². The fourth-order valence-corrected chi connectivity index (χ4v) is 2.07. The predicted molar refractivity (Wildman–Crippen MR) is 55.9 cm³/mol. The Morgan fingerprint density at radius 3 is 2.62 bits per heavy atom. The first-order chi connectivity index (χ1) is 6.33. The van der Waals surface area contributed by atoms with E-state index in [1.807, 2.05) is 0 Å². The van der Waals surface area contributed by atoms with Gasteiger partial charge in [-0.05, 0) is 32.2 Å². The summed E-state index contributed by atoms with van der Waals surface area (Å²) < 4.78 is 5.08. The fourth-order valence-electron chi connectivity index (χ4n) is 2.07. The first-order valence-corrected chi connectivity index (χ1v) is 5.55. The van der Waals surface area contributed by atoms with Crippen LogP contribution in [0.3, 0.4) is 0 Å². The van der Waals surface area contributed by atoms with Gasteiger partial charge >= 0.3 is 0 Å². The third kappa shape index (κ3) is 4.63. The normalized spacial score (nSPS) is 21.7. The number of nitrogens with one attached hydrogen (secondary N) is 1. The molecule has 0 heterocycles. The summed E-state index contributed by atoms with van der Waals surface area (Å²) in [4.78, 5) is 0. The van der Waals surface area contributed by atoms with Crippen LogP contribution < -0.4 is 5.32 Å². The molecule has 1 rings (SSSR count). The summed E-state index contributed by atoms with van der Waals surface area (Å²) in [5.41, 5.74) is 0. The molecule has 0 spiro atoms. The Kier molecular flexibility index (Phi) is 5.40. The first-order valence-electron chi connectivity index (χ1n) is 5.55. The molecule has 1 saturated carbocycles. The van der Waals surface area contributed by atoms with Crippen LogP contribution in [0.15, 0.2) is 0 Å². The Bertz CT molecular complexity index is 121. The smallest absolute Gasteiger partial charge is 0.0613 e. The van der Waals surface area contributed by atoms with Crippen LogP contribution in [-0.4, -0.2) is 26.3 Å². The second-order valence-electron chi connectivity index (χ2n) is 4.27. The molecule has 13 heavy (non-hydrogen) atoms. The van der Waals surface area contributed by atoms with E-state index in [0.29, 0.717) is 6.04 Å². The van der Waals surface area contributed by atoms with Crippen molar-refractivity contribution in [1.29, 1.82) is 0 Å². The minimum atomic E-state index is 0.506. The molecule has 1 N–H and O–H groups in total. The Morgan fingerprint density at radius 2 is 2.00 bits per heavy atom. The lowest BCUT2D eigenvalue weighted by Crippen LogP contribution is -2.34. The van der Waals surface area contributed by atoms with Gasteiger partial charge in [0, 0.05) is 13.2 Å². The average Bonchev–Trinajstić information content (AvgIpc) is 2.17. The van der Waals surface area contributed by atoms with Gasteiger partial charge < -0.3 is 10.1 Å². The Balaban J connectivity index is 2.03. The molecule has 0 bridgehead atoms. The molecule has 1 atom stereocenters. The van der Waals surface area contributed by atoms with Crippen LogP contribution in [0.1, 0.15) is 39.0 Å². The predicted octanol–water partition coefficient (Wildman–Crippen LogP) is 2.19. The molecule has 0 aliphatic heterocycles. The van der Waals surface area contributed by atoms with E-state index in [1.165, 1.54) is 38.6 Å². The van der Waals surface area contributed by atoms with E-state index < -0.39 is 0 Å². The molecule has 0 saturated heterocycles. The monoisotopic (exact) mass is 185 g/mol. The summed E-state index contributed by atoms with van der Waals surface area (Å²) in [5, 5.41) is 3.53. The second kappa shape index (κ2) is 6.39. The lowest BCUT2D eigenvalue weighted by molar-refractivity contribution is 0.168. The van der Waals surface area contributed by atoms with Crippen molar-refractivity contribution in [1.82, 2.24) is 5.32 Å². The van der Waals surface area contributed by atoms with E-state index in [2.05, 4.69) is 12.2 Å². The van der Waals surface area contributed by atoms with Crippen LogP contribution in [0.25, 0.3) is 0 Å². The third-order valence-corrected chi connectivity index (χ3v) is 2.90. The minimum absolute atomic E-state index is 0.506. The number of hydrogen-bond acceptors (Lipinski definition) is 2. The Labute approximate surface area is 82.0 Å². The molecule has 0 radical (unpaired) electrons. The van der Waals surface area contributed by atoms with Crippen molar-refractivity contribution in [3.8, 4) is 0 Å². The van der Waals surface area contributed by atoms with E-state index in [9.17, 15) is 0 Å². The van der Waals surface area contributed by atoms with Gasteiger partial charge in [-0.2, -0.15) is 0 Å². The standard InChI is InChI=1S/C11H23NO/c1-10(9-13-2)12-8-11-6-4-3-5-7-11/h10-12H,3-9H2,1-2H3. The molecule has 0 aromatic rings. The van der Waals surface area contributed by atoms with E-state index in [1.54, 1.807) is 7.11 Å². The zero-order valence-electron chi connectivity index (χ0n) is 9.01. The van der Waals surface area contributed by atoms with Crippen LogP contribution in [0, 0.1) is 5.92 Å². The summed E-state index contributed by atoms with van der Waals surface area (Å²) >= 11 is 0. The molecule has 1 aliphatic rings. The van der Waals surface area contributed by atoms with E-state index >= 15 is 0 Å². The number of ether oxygens (including phenoxy) is 1. The van der Waals surface area contributed by atoms with Gasteiger partial charge in [0.15, 0.2) is 0 Å². The fraction of sp³-hybridized carbons (Fsp3) is 1.00. The Morgan fingerprint density at radius 1 is 1.31 bits per heavy atom. The van der Waals surface area contributed by atoms with Gasteiger partial charge in [-0.15, -0.1) is 0 Å². The average molecular weight is 185 g/mol. The summed E-state index contributed by atoms with van der Waals surface area (Å²) in [5.74, 6) is 0.924. The number of rotatable bonds is 5. The van der Waals surface area contributed by atoms with Gasteiger partial charge in [-0.1, -0.05) is 19.3 Å². The largest absolute Gasteiger partial charge is 0.383 e. The van der Waals surface area contributed by atoms with Gasteiger partial charge in [0.25, 0.3) is 0 Å². The van der Waals surface area contributed by atoms with E-state index in [-0.39, 0.29) is 0 Å². The summed E-state index contributed by atoms with van der Waals surface area (Å²) in [6.45, 7) is 4.20.